The van der Waals surface area contributed by atoms with Gasteiger partial charge in [0.15, 0.2) is 0 Å². The molecule has 1 aromatic heterocycles. The molecule has 1 aliphatic heterocycles. The Morgan fingerprint density at radius 3 is 2.52 bits per heavy atom. The van der Waals surface area contributed by atoms with Crippen molar-refractivity contribution in [1.82, 2.24) is 14.3 Å². The largest absolute Gasteiger partial charge is 0.460 e. The summed E-state index contributed by atoms with van der Waals surface area (Å²) in [6, 6.07) is 0.601. The number of carbonyl (C=O) groups is 1. The van der Waals surface area contributed by atoms with Gasteiger partial charge < -0.3 is 9.64 Å². The lowest BCUT2D eigenvalue weighted by Crippen LogP contribution is -2.42. The van der Waals surface area contributed by atoms with Crippen LogP contribution in [0, 0.1) is 5.92 Å². The van der Waals surface area contributed by atoms with Crippen LogP contribution in [0.15, 0.2) is 0 Å². The quantitative estimate of drug-likeness (QED) is 0.729. The van der Waals surface area contributed by atoms with Crippen molar-refractivity contribution in [3.8, 4) is 0 Å². The molecule has 152 valence electrons. The van der Waals surface area contributed by atoms with E-state index >= 15 is 0 Å². The third-order valence-electron chi connectivity index (χ3n) is 5.53. The van der Waals surface area contributed by atoms with Crippen LogP contribution in [0.5, 0.6) is 0 Å². The lowest BCUT2D eigenvalue weighted by atomic mass is 9.85. The summed E-state index contributed by atoms with van der Waals surface area (Å²) in [5.41, 5.74) is -0.384. The zero-order valence-corrected chi connectivity index (χ0v) is 18.1. The first-order valence-corrected chi connectivity index (χ1v) is 11.2. The standard InChI is InChI=1S/C20H34N4O2S/c1-5-17-21-19(27-22-17)24-12-6-11-23(13-14-24)16-9-7-15(8-10-16)18(25)26-20(2,3)4/h15-16H,5-14H2,1-4H3. The summed E-state index contributed by atoms with van der Waals surface area (Å²) in [5.74, 6) is 1.03. The molecular formula is C20H34N4O2S. The van der Waals surface area contributed by atoms with Gasteiger partial charge in [-0.3, -0.25) is 9.69 Å². The number of nitrogens with zero attached hydrogens (tertiary/aromatic N) is 4. The van der Waals surface area contributed by atoms with Gasteiger partial charge in [0.2, 0.25) is 5.13 Å². The number of ether oxygens (including phenoxy) is 1. The molecule has 1 saturated carbocycles. The minimum atomic E-state index is -0.384. The Hall–Kier alpha value is -1.21. The molecule has 2 fully saturated rings. The van der Waals surface area contributed by atoms with E-state index < -0.39 is 0 Å². The predicted molar refractivity (Wildman–Crippen MR) is 109 cm³/mol. The number of hydrogen-bond donors (Lipinski definition) is 0. The molecule has 0 radical (unpaired) electrons. The molecule has 0 aromatic carbocycles. The van der Waals surface area contributed by atoms with Gasteiger partial charge in [-0.15, -0.1) is 0 Å². The van der Waals surface area contributed by atoms with E-state index in [1.54, 1.807) is 0 Å². The topological polar surface area (TPSA) is 58.6 Å². The van der Waals surface area contributed by atoms with Crippen LogP contribution in [-0.2, 0) is 16.0 Å². The van der Waals surface area contributed by atoms with E-state index in [0.717, 1.165) is 75.7 Å². The summed E-state index contributed by atoms with van der Waals surface area (Å²) in [6.07, 6.45) is 6.17. The highest BCUT2D eigenvalue weighted by molar-refractivity contribution is 7.09. The van der Waals surface area contributed by atoms with Gasteiger partial charge in [-0.2, -0.15) is 4.37 Å². The number of hydrogen-bond acceptors (Lipinski definition) is 7. The molecule has 27 heavy (non-hydrogen) atoms. The fourth-order valence-electron chi connectivity index (χ4n) is 4.07. The van der Waals surface area contributed by atoms with Crippen molar-refractivity contribution in [2.24, 2.45) is 5.92 Å². The second-order valence-corrected chi connectivity index (χ2v) is 9.49. The molecule has 2 aliphatic rings. The molecule has 0 N–H and O–H groups in total. The van der Waals surface area contributed by atoms with Crippen LogP contribution in [0.3, 0.4) is 0 Å². The minimum Gasteiger partial charge on any atom is -0.460 e. The number of aryl methyl sites for hydroxylation is 1. The van der Waals surface area contributed by atoms with Crippen LogP contribution >= 0.6 is 11.5 Å². The van der Waals surface area contributed by atoms with Crippen molar-refractivity contribution in [1.29, 1.82) is 0 Å². The number of carbonyl (C=O) groups excluding carboxylic acids is 1. The van der Waals surface area contributed by atoms with Gasteiger partial charge in [0.1, 0.15) is 11.4 Å². The van der Waals surface area contributed by atoms with Crippen LogP contribution in [0.25, 0.3) is 0 Å². The lowest BCUT2D eigenvalue weighted by Gasteiger charge is -2.36. The molecule has 0 amide bonds. The molecule has 6 nitrogen and oxygen atoms in total. The molecular weight excluding hydrogens is 360 g/mol. The first-order chi connectivity index (χ1) is 12.9. The van der Waals surface area contributed by atoms with Crippen LogP contribution in [0.4, 0.5) is 5.13 Å². The van der Waals surface area contributed by atoms with E-state index in [-0.39, 0.29) is 17.5 Å². The molecule has 1 aliphatic carbocycles. The monoisotopic (exact) mass is 394 g/mol. The number of rotatable bonds is 4. The van der Waals surface area contributed by atoms with E-state index in [1.165, 1.54) is 11.5 Å². The Balaban J connectivity index is 1.48. The number of anilines is 1. The van der Waals surface area contributed by atoms with Crippen molar-refractivity contribution < 1.29 is 9.53 Å². The summed E-state index contributed by atoms with van der Waals surface area (Å²) >= 11 is 1.53. The average Bonchev–Trinajstić information content (AvgIpc) is 2.97. The molecule has 7 heteroatoms. The highest BCUT2D eigenvalue weighted by atomic mass is 32.1. The smallest absolute Gasteiger partial charge is 0.309 e. The Bertz CT molecular complexity index is 620. The van der Waals surface area contributed by atoms with Gasteiger partial charge in [-0.1, -0.05) is 6.92 Å². The molecule has 1 saturated heterocycles. The Morgan fingerprint density at radius 1 is 1.15 bits per heavy atom. The lowest BCUT2D eigenvalue weighted by molar-refractivity contribution is -0.161. The Labute approximate surface area is 167 Å². The maximum atomic E-state index is 12.3. The Kier molecular flexibility index (Phi) is 6.74. The third-order valence-corrected chi connectivity index (χ3v) is 6.34. The zero-order chi connectivity index (χ0) is 19.4. The van der Waals surface area contributed by atoms with Crippen LogP contribution in [0.1, 0.15) is 65.6 Å². The van der Waals surface area contributed by atoms with E-state index in [0.29, 0.717) is 6.04 Å². The van der Waals surface area contributed by atoms with Crippen molar-refractivity contribution in [3.05, 3.63) is 5.82 Å². The van der Waals surface area contributed by atoms with Crippen LogP contribution < -0.4 is 4.90 Å². The fraction of sp³-hybridized carbons (Fsp3) is 0.850. The first kappa shape index (κ1) is 20.5. The second kappa shape index (κ2) is 8.86. The molecule has 0 spiro atoms. The highest BCUT2D eigenvalue weighted by Crippen LogP contribution is 2.30. The molecule has 1 aromatic rings. The number of esters is 1. The van der Waals surface area contributed by atoms with Gasteiger partial charge in [0.25, 0.3) is 0 Å². The maximum absolute atomic E-state index is 12.3. The normalized spacial score (nSPS) is 25.3. The predicted octanol–water partition coefficient (Wildman–Crippen LogP) is 3.51. The first-order valence-electron chi connectivity index (χ1n) is 10.4. The minimum absolute atomic E-state index is 0.00834. The molecule has 0 bridgehead atoms. The maximum Gasteiger partial charge on any atom is 0.309 e. The van der Waals surface area contributed by atoms with Gasteiger partial charge in [0, 0.05) is 50.2 Å². The van der Waals surface area contributed by atoms with E-state index in [1.807, 2.05) is 20.8 Å². The van der Waals surface area contributed by atoms with Crippen LogP contribution in [0.2, 0.25) is 0 Å². The molecule has 3 rings (SSSR count). The zero-order valence-electron chi connectivity index (χ0n) is 17.2. The molecule has 2 heterocycles. The fourth-order valence-corrected chi connectivity index (χ4v) is 4.87. The number of aromatic nitrogens is 2. The summed E-state index contributed by atoms with van der Waals surface area (Å²) in [4.78, 5) is 22.0. The average molecular weight is 395 g/mol. The van der Waals surface area contributed by atoms with Crippen molar-refractivity contribution >= 4 is 22.6 Å². The van der Waals surface area contributed by atoms with E-state index in [2.05, 4.69) is 26.1 Å². The van der Waals surface area contributed by atoms with Gasteiger partial charge in [-0.25, -0.2) is 4.98 Å². The van der Waals surface area contributed by atoms with E-state index in [9.17, 15) is 4.79 Å². The highest BCUT2D eigenvalue weighted by Gasteiger charge is 2.32. The van der Waals surface area contributed by atoms with Gasteiger partial charge >= 0.3 is 5.97 Å². The van der Waals surface area contributed by atoms with E-state index in [4.69, 9.17) is 4.74 Å². The Morgan fingerprint density at radius 2 is 1.89 bits per heavy atom. The van der Waals surface area contributed by atoms with Crippen molar-refractivity contribution in [2.45, 2.75) is 77.9 Å². The van der Waals surface area contributed by atoms with Crippen LogP contribution in [-0.4, -0.2) is 58.0 Å². The summed E-state index contributed by atoms with van der Waals surface area (Å²) < 4.78 is 10.0. The second-order valence-electron chi connectivity index (χ2n) is 8.76. The summed E-state index contributed by atoms with van der Waals surface area (Å²) in [7, 11) is 0. The van der Waals surface area contributed by atoms with Gasteiger partial charge in [-0.05, 0) is 52.9 Å². The summed E-state index contributed by atoms with van der Waals surface area (Å²) in [6.45, 7) is 12.2. The van der Waals surface area contributed by atoms with Gasteiger partial charge in [0.05, 0.1) is 5.92 Å². The summed E-state index contributed by atoms with van der Waals surface area (Å²) in [5, 5.41) is 1.07. The van der Waals surface area contributed by atoms with Crippen molar-refractivity contribution in [3.63, 3.8) is 0 Å². The van der Waals surface area contributed by atoms with Crippen molar-refractivity contribution in [2.75, 3.05) is 31.1 Å². The SMILES string of the molecule is CCc1nsc(N2CCCN(C3CCC(C(=O)OC(C)(C)C)CC3)CC2)n1. The molecule has 0 unspecified atom stereocenters. The molecule has 0 atom stereocenters. The third kappa shape index (κ3) is 5.64.